The van der Waals surface area contributed by atoms with Gasteiger partial charge in [0.05, 0.1) is 87.7 Å². The van der Waals surface area contributed by atoms with Gasteiger partial charge in [-0.2, -0.15) is 0 Å². The second kappa shape index (κ2) is 17.7. The van der Waals surface area contributed by atoms with Gasteiger partial charge in [0.15, 0.2) is 0 Å². The highest BCUT2D eigenvalue weighted by Gasteiger charge is 2.58. The van der Waals surface area contributed by atoms with Gasteiger partial charge in [0, 0.05) is 0 Å². The van der Waals surface area contributed by atoms with E-state index < -0.39 is 79.7 Å². The van der Waals surface area contributed by atoms with Crippen molar-refractivity contribution in [2.45, 2.75) is 107 Å². The summed E-state index contributed by atoms with van der Waals surface area (Å²) in [5.41, 5.74) is -10.2. The molecule has 0 saturated heterocycles. The molecule has 0 aromatic rings. The summed E-state index contributed by atoms with van der Waals surface area (Å²) in [6.07, 6.45) is -1.03. The maximum absolute atomic E-state index is 13.9. The molecule has 0 aromatic carbocycles. The summed E-state index contributed by atoms with van der Waals surface area (Å²) in [4.78, 5) is 93.9. The Hall–Kier alpha value is -3.71. The fourth-order valence-electron chi connectivity index (χ4n) is 8.48. The van der Waals surface area contributed by atoms with Crippen LogP contribution >= 0.6 is 0 Å². The molecule has 0 aliphatic heterocycles. The van der Waals surface area contributed by atoms with Gasteiger partial charge in [-0.1, -0.05) is 6.92 Å². The van der Waals surface area contributed by atoms with Crippen molar-refractivity contribution < 1.29 is 66.7 Å². The van der Waals surface area contributed by atoms with Crippen molar-refractivity contribution in [3.05, 3.63) is 0 Å². The third kappa shape index (κ3) is 10.9. The standard InChI is InChI=1S/C37H62O14/c1-17-32(4,25(39)46-11)19-34(6,27(41)48-13)21-36(8,29(43)50-15)23-37(9,30(44)51-16)22-35(7,28(42)49-14)20-33(5,26(40)47-12)18-31(2,3)24(38)45-10/h17-23H2,1-16H3. The van der Waals surface area contributed by atoms with Crippen molar-refractivity contribution in [1.29, 1.82) is 0 Å². The van der Waals surface area contributed by atoms with Crippen LogP contribution in [-0.4, -0.2) is 91.6 Å². The first-order valence-corrected chi connectivity index (χ1v) is 16.8. The van der Waals surface area contributed by atoms with Gasteiger partial charge in [-0.25, -0.2) is 0 Å². The van der Waals surface area contributed by atoms with Crippen LogP contribution < -0.4 is 0 Å². The molecule has 0 aromatic heterocycles. The maximum atomic E-state index is 13.9. The molecule has 0 fully saturated rings. The largest absolute Gasteiger partial charge is 0.469 e. The Morgan fingerprint density at radius 1 is 0.314 bits per heavy atom. The van der Waals surface area contributed by atoms with E-state index in [2.05, 4.69) is 0 Å². The molecule has 0 rings (SSSR count). The minimum absolute atomic E-state index is 0.0787. The monoisotopic (exact) mass is 730 g/mol. The van der Waals surface area contributed by atoms with Crippen molar-refractivity contribution >= 4 is 41.8 Å². The second-order valence-electron chi connectivity index (χ2n) is 16.1. The van der Waals surface area contributed by atoms with Gasteiger partial charge in [-0.05, 0) is 100 Å². The maximum Gasteiger partial charge on any atom is 0.311 e. The van der Waals surface area contributed by atoms with Crippen LogP contribution in [0.4, 0.5) is 0 Å². The van der Waals surface area contributed by atoms with E-state index in [1.807, 2.05) is 0 Å². The minimum Gasteiger partial charge on any atom is -0.469 e. The number of carbonyl (C=O) groups is 7. The molecule has 0 saturated carbocycles. The molecular formula is C37H62O14. The van der Waals surface area contributed by atoms with E-state index in [0.717, 1.165) is 14.2 Å². The van der Waals surface area contributed by atoms with Crippen molar-refractivity contribution in [3.8, 4) is 0 Å². The normalized spacial score (nSPS) is 18.7. The zero-order valence-corrected chi connectivity index (χ0v) is 33.7. The van der Waals surface area contributed by atoms with E-state index in [9.17, 15) is 33.6 Å². The summed E-state index contributed by atoms with van der Waals surface area (Å²) in [6, 6.07) is 0. The van der Waals surface area contributed by atoms with Crippen molar-refractivity contribution in [1.82, 2.24) is 0 Å². The highest BCUT2D eigenvalue weighted by Crippen LogP contribution is 2.54. The fourth-order valence-corrected chi connectivity index (χ4v) is 8.48. The molecule has 0 aliphatic rings. The highest BCUT2D eigenvalue weighted by atomic mass is 16.5. The number of ether oxygens (including phenoxy) is 7. The van der Waals surface area contributed by atoms with Crippen LogP contribution in [0.3, 0.4) is 0 Å². The minimum atomic E-state index is -1.66. The Morgan fingerprint density at radius 3 is 0.686 bits per heavy atom. The predicted octanol–water partition coefficient (Wildman–Crippen LogP) is 5.01. The van der Waals surface area contributed by atoms with E-state index in [-0.39, 0.29) is 38.5 Å². The van der Waals surface area contributed by atoms with E-state index in [1.54, 1.807) is 41.5 Å². The molecule has 6 unspecified atom stereocenters. The third-order valence-corrected chi connectivity index (χ3v) is 10.3. The smallest absolute Gasteiger partial charge is 0.311 e. The first-order chi connectivity index (χ1) is 23.2. The van der Waals surface area contributed by atoms with Gasteiger partial charge in [0.25, 0.3) is 0 Å². The number of methoxy groups -OCH3 is 7. The van der Waals surface area contributed by atoms with Crippen molar-refractivity contribution in [2.24, 2.45) is 37.9 Å². The van der Waals surface area contributed by atoms with Gasteiger partial charge in [-0.15, -0.1) is 0 Å². The fraction of sp³-hybridized carbons (Fsp3) is 0.811. The molecule has 0 aliphatic carbocycles. The summed E-state index contributed by atoms with van der Waals surface area (Å²) in [5, 5.41) is 0. The molecule has 51 heavy (non-hydrogen) atoms. The van der Waals surface area contributed by atoms with Gasteiger partial charge in [0.2, 0.25) is 0 Å². The zero-order chi connectivity index (χ0) is 40.4. The third-order valence-electron chi connectivity index (χ3n) is 10.3. The van der Waals surface area contributed by atoms with E-state index in [1.165, 1.54) is 56.3 Å². The molecule has 0 heterocycles. The van der Waals surface area contributed by atoms with Crippen LogP contribution in [0.15, 0.2) is 0 Å². The molecule has 6 atom stereocenters. The van der Waals surface area contributed by atoms with Crippen molar-refractivity contribution in [2.75, 3.05) is 49.8 Å². The molecule has 14 nitrogen and oxygen atoms in total. The number of esters is 7. The lowest BCUT2D eigenvalue weighted by atomic mass is 9.57. The van der Waals surface area contributed by atoms with Gasteiger partial charge >= 0.3 is 41.8 Å². The molecule has 0 spiro atoms. The van der Waals surface area contributed by atoms with Gasteiger partial charge in [-0.3, -0.25) is 33.6 Å². The highest BCUT2D eigenvalue weighted by molar-refractivity contribution is 5.86. The summed E-state index contributed by atoms with van der Waals surface area (Å²) in [6.45, 7) is 14.3. The Labute approximate surface area is 303 Å². The topological polar surface area (TPSA) is 184 Å². The van der Waals surface area contributed by atoms with E-state index >= 15 is 0 Å². The van der Waals surface area contributed by atoms with E-state index in [4.69, 9.17) is 33.2 Å². The first kappa shape index (κ1) is 47.3. The molecular weight excluding hydrogens is 668 g/mol. The van der Waals surface area contributed by atoms with Crippen molar-refractivity contribution in [3.63, 3.8) is 0 Å². The average Bonchev–Trinajstić information content (AvgIpc) is 3.07. The Morgan fingerprint density at radius 2 is 0.490 bits per heavy atom. The average molecular weight is 731 g/mol. The van der Waals surface area contributed by atoms with E-state index in [0.29, 0.717) is 6.42 Å². The summed E-state index contributed by atoms with van der Waals surface area (Å²) >= 11 is 0. The number of rotatable bonds is 20. The Balaban J connectivity index is 7.56. The van der Waals surface area contributed by atoms with Gasteiger partial charge < -0.3 is 33.2 Å². The second-order valence-corrected chi connectivity index (χ2v) is 16.1. The molecule has 0 amide bonds. The van der Waals surface area contributed by atoms with Crippen LogP contribution in [0.25, 0.3) is 0 Å². The van der Waals surface area contributed by atoms with Gasteiger partial charge in [0.1, 0.15) is 0 Å². The number of hydrogen-bond donors (Lipinski definition) is 0. The lowest BCUT2D eigenvalue weighted by Crippen LogP contribution is -2.50. The Bertz CT molecular complexity index is 1310. The van der Waals surface area contributed by atoms with Crippen LogP contribution in [0.1, 0.15) is 107 Å². The molecule has 14 heteroatoms. The lowest BCUT2D eigenvalue weighted by Gasteiger charge is -2.45. The zero-order valence-electron chi connectivity index (χ0n) is 33.7. The summed E-state index contributed by atoms with van der Waals surface area (Å²) < 4.78 is 36.1. The van der Waals surface area contributed by atoms with Crippen LogP contribution in [0, 0.1) is 37.9 Å². The quantitative estimate of drug-likeness (QED) is 0.120. The molecule has 294 valence electrons. The Kier molecular flexibility index (Phi) is 16.4. The molecule has 0 radical (unpaired) electrons. The predicted molar refractivity (Wildman–Crippen MR) is 185 cm³/mol. The van der Waals surface area contributed by atoms with Crippen LogP contribution in [0.5, 0.6) is 0 Å². The molecule has 0 N–H and O–H groups in total. The number of hydrogen-bond acceptors (Lipinski definition) is 14. The van der Waals surface area contributed by atoms with Crippen LogP contribution in [-0.2, 0) is 66.7 Å². The summed E-state index contributed by atoms with van der Waals surface area (Å²) in [7, 11) is 8.33. The SMILES string of the molecule is CCC(C)(CC(C)(CC(C)(CC(C)(CC(C)(CC(C)(CC(C)(C)C(=O)OC)C(=O)OC)C(=O)OC)C(=O)OC)C(=O)OC)C(=O)OC)C(=O)OC. The molecule has 0 bridgehead atoms. The lowest BCUT2D eigenvalue weighted by molar-refractivity contribution is -0.172. The number of carbonyl (C=O) groups excluding carboxylic acids is 7. The summed E-state index contributed by atoms with van der Waals surface area (Å²) in [5.74, 6) is -4.92. The van der Waals surface area contributed by atoms with Crippen LogP contribution in [0.2, 0.25) is 0 Å². The first-order valence-electron chi connectivity index (χ1n) is 16.8.